The van der Waals surface area contributed by atoms with E-state index in [2.05, 4.69) is 12.2 Å². The minimum Gasteiger partial charge on any atom is -0.480 e. The topological polar surface area (TPSA) is 49.3 Å². The zero-order chi connectivity index (χ0) is 10.1. The smallest absolute Gasteiger partial charge is 0.324 e. The van der Waals surface area contributed by atoms with Crippen LogP contribution in [0.4, 0.5) is 0 Å². The van der Waals surface area contributed by atoms with E-state index in [0.29, 0.717) is 5.92 Å². The van der Waals surface area contributed by atoms with Gasteiger partial charge in [0.15, 0.2) is 0 Å². The van der Waals surface area contributed by atoms with Gasteiger partial charge in [0, 0.05) is 0 Å². The summed E-state index contributed by atoms with van der Waals surface area (Å²) in [5, 5.41) is 12.2. The van der Waals surface area contributed by atoms with Crippen LogP contribution in [0.15, 0.2) is 0 Å². The molecule has 0 spiro atoms. The summed E-state index contributed by atoms with van der Waals surface area (Å²) in [6.07, 6.45) is 2.92. The molecule has 1 saturated carbocycles. The van der Waals surface area contributed by atoms with Crippen LogP contribution in [0.2, 0.25) is 0 Å². The van der Waals surface area contributed by atoms with E-state index in [1.54, 1.807) is 7.05 Å². The summed E-state index contributed by atoms with van der Waals surface area (Å²) in [4.78, 5) is 11.2. The number of aliphatic carboxylic acids is 1. The Hall–Kier alpha value is -0.570. The van der Waals surface area contributed by atoms with Crippen molar-refractivity contribution in [2.75, 3.05) is 7.05 Å². The van der Waals surface area contributed by atoms with Gasteiger partial charge >= 0.3 is 5.97 Å². The lowest BCUT2D eigenvalue weighted by Gasteiger charge is -2.42. The highest BCUT2D eigenvalue weighted by Crippen LogP contribution is 2.37. The molecule has 2 N–H and O–H groups in total. The van der Waals surface area contributed by atoms with Gasteiger partial charge in [0.05, 0.1) is 0 Å². The molecule has 0 heterocycles. The van der Waals surface area contributed by atoms with Crippen LogP contribution in [0.1, 0.15) is 33.1 Å². The Balaban J connectivity index is 2.89. The summed E-state index contributed by atoms with van der Waals surface area (Å²) in [5.41, 5.74) is -0.683. The van der Waals surface area contributed by atoms with Gasteiger partial charge in [-0.05, 0) is 25.3 Å². The molecule has 13 heavy (non-hydrogen) atoms. The van der Waals surface area contributed by atoms with Gasteiger partial charge in [-0.2, -0.15) is 0 Å². The van der Waals surface area contributed by atoms with Crippen LogP contribution in [0.25, 0.3) is 0 Å². The van der Waals surface area contributed by atoms with E-state index in [9.17, 15) is 9.90 Å². The molecule has 1 aliphatic carbocycles. The zero-order valence-electron chi connectivity index (χ0n) is 8.63. The Kier molecular flexibility index (Phi) is 2.96. The van der Waals surface area contributed by atoms with E-state index in [1.165, 1.54) is 0 Å². The van der Waals surface area contributed by atoms with Crippen LogP contribution in [-0.4, -0.2) is 23.7 Å². The first-order valence-corrected chi connectivity index (χ1v) is 4.97. The Bertz CT molecular complexity index is 205. The summed E-state index contributed by atoms with van der Waals surface area (Å²) < 4.78 is 0. The first kappa shape index (κ1) is 10.5. The standard InChI is InChI=1S/C10H19NO2/c1-7-5-4-6-10(11-3,8(7)2)9(12)13/h7-8,11H,4-6H2,1-3H3,(H,12,13). The second-order valence-corrected chi connectivity index (χ2v) is 4.18. The predicted octanol–water partition coefficient (Wildman–Crippen LogP) is 1.49. The Morgan fingerprint density at radius 1 is 1.54 bits per heavy atom. The highest BCUT2D eigenvalue weighted by atomic mass is 16.4. The molecule has 1 rings (SSSR count). The number of carbonyl (C=O) groups is 1. The minimum absolute atomic E-state index is 0.212. The van der Waals surface area contributed by atoms with Crippen molar-refractivity contribution >= 4 is 5.97 Å². The predicted molar refractivity (Wildman–Crippen MR) is 51.6 cm³/mol. The van der Waals surface area contributed by atoms with Gasteiger partial charge in [0.25, 0.3) is 0 Å². The van der Waals surface area contributed by atoms with Crippen LogP contribution in [-0.2, 0) is 4.79 Å². The van der Waals surface area contributed by atoms with E-state index < -0.39 is 11.5 Å². The number of hydrogen-bond acceptors (Lipinski definition) is 2. The lowest BCUT2D eigenvalue weighted by molar-refractivity contribution is -0.149. The van der Waals surface area contributed by atoms with Crippen molar-refractivity contribution in [3.63, 3.8) is 0 Å². The maximum atomic E-state index is 11.2. The fourth-order valence-electron chi connectivity index (χ4n) is 2.43. The summed E-state index contributed by atoms with van der Waals surface area (Å²) >= 11 is 0. The summed E-state index contributed by atoms with van der Waals surface area (Å²) in [5.74, 6) is 0.00935. The Morgan fingerprint density at radius 2 is 2.15 bits per heavy atom. The van der Waals surface area contributed by atoms with Crippen molar-refractivity contribution in [3.05, 3.63) is 0 Å². The Labute approximate surface area is 79.5 Å². The summed E-state index contributed by atoms with van der Waals surface area (Å²) in [6, 6.07) is 0. The van der Waals surface area contributed by atoms with Gasteiger partial charge in [-0.15, -0.1) is 0 Å². The zero-order valence-corrected chi connectivity index (χ0v) is 8.63. The van der Waals surface area contributed by atoms with E-state index in [0.717, 1.165) is 19.3 Å². The van der Waals surface area contributed by atoms with Gasteiger partial charge in [0.1, 0.15) is 5.54 Å². The molecule has 1 fully saturated rings. The normalized spacial score (nSPS) is 40.2. The molecule has 0 radical (unpaired) electrons. The van der Waals surface area contributed by atoms with Crippen molar-refractivity contribution < 1.29 is 9.90 Å². The first-order chi connectivity index (χ1) is 6.04. The van der Waals surface area contributed by atoms with Crippen molar-refractivity contribution in [1.29, 1.82) is 0 Å². The third-order valence-corrected chi connectivity index (χ3v) is 3.69. The third kappa shape index (κ3) is 1.57. The Morgan fingerprint density at radius 3 is 2.54 bits per heavy atom. The maximum absolute atomic E-state index is 11.2. The maximum Gasteiger partial charge on any atom is 0.324 e. The largest absolute Gasteiger partial charge is 0.480 e. The second-order valence-electron chi connectivity index (χ2n) is 4.18. The van der Waals surface area contributed by atoms with Gasteiger partial charge in [-0.25, -0.2) is 0 Å². The molecule has 0 aromatic carbocycles. The van der Waals surface area contributed by atoms with Crippen LogP contribution < -0.4 is 5.32 Å². The molecular weight excluding hydrogens is 166 g/mol. The van der Waals surface area contributed by atoms with E-state index in [4.69, 9.17) is 0 Å². The van der Waals surface area contributed by atoms with Gasteiger partial charge in [-0.1, -0.05) is 26.7 Å². The minimum atomic E-state index is -0.700. The molecule has 0 amide bonds. The molecular formula is C10H19NO2. The average molecular weight is 185 g/mol. The lowest BCUT2D eigenvalue weighted by atomic mass is 9.68. The van der Waals surface area contributed by atoms with Gasteiger partial charge in [-0.3, -0.25) is 4.79 Å². The second kappa shape index (κ2) is 3.66. The molecule has 3 atom stereocenters. The molecule has 0 saturated heterocycles. The highest BCUT2D eigenvalue weighted by Gasteiger charge is 2.46. The lowest BCUT2D eigenvalue weighted by Crippen LogP contribution is -2.58. The van der Waals surface area contributed by atoms with Crippen molar-refractivity contribution in [3.8, 4) is 0 Å². The van der Waals surface area contributed by atoms with Crippen LogP contribution in [0, 0.1) is 11.8 Å². The summed E-state index contributed by atoms with van der Waals surface area (Å²) in [6.45, 7) is 4.17. The molecule has 1 aliphatic rings. The van der Waals surface area contributed by atoms with Crippen molar-refractivity contribution in [2.45, 2.75) is 38.6 Å². The fourth-order valence-corrected chi connectivity index (χ4v) is 2.43. The van der Waals surface area contributed by atoms with E-state index >= 15 is 0 Å². The van der Waals surface area contributed by atoms with Crippen LogP contribution in [0.3, 0.4) is 0 Å². The molecule has 3 unspecified atom stereocenters. The van der Waals surface area contributed by atoms with Gasteiger partial charge in [0.2, 0.25) is 0 Å². The number of rotatable bonds is 2. The van der Waals surface area contributed by atoms with Crippen molar-refractivity contribution in [2.24, 2.45) is 11.8 Å². The van der Waals surface area contributed by atoms with E-state index in [-0.39, 0.29) is 5.92 Å². The fraction of sp³-hybridized carbons (Fsp3) is 0.900. The molecule has 76 valence electrons. The quantitative estimate of drug-likeness (QED) is 0.685. The number of carboxylic acid groups (broad SMARTS) is 1. The molecule has 3 nitrogen and oxygen atoms in total. The molecule has 0 aromatic heterocycles. The number of likely N-dealkylation sites (N-methyl/N-ethyl adjacent to an activating group) is 1. The summed E-state index contributed by atoms with van der Waals surface area (Å²) in [7, 11) is 1.75. The van der Waals surface area contributed by atoms with Crippen LogP contribution in [0.5, 0.6) is 0 Å². The monoisotopic (exact) mass is 185 g/mol. The molecule has 0 aromatic rings. The number of carboxylic acids is 1. The van der Waals surface area contributed by atoms with E-state index in [1.807, 2.05) is 6.92 Å². The third-order valence-electron chi connectivity index (χ3n) is 3.69. The van der Waals surface area contributed by atoms with Crippen LogP contribution >= 0.6 is 0 Å². The number of hydrogen-bond donors (Lipinski definition) is 2. The first-order valence-electron chi connectivity index (χ1n) is 4.97. The molecule has 0 aliphatic heterocycles. The SMILES string of the molecule is CNC1(C(=O)O)CCCC(C)C1C. The molecule has 0 bridgehead atoms. The highest BCUT2D eigenvalue weighted by molar-refractivity contribution is 5.79. The number of nitrogens with one attached hydrogen (secondary N) is 1. The van der Waals surface area contributed by atoms with Gasteiger partial charge < -0.3 is 10.4 Å². The average Bonchev–Trinajstić information content (AvgIpc) is 2.09. The van der Waals surface area contributed by atoms with Crippen molar-refractivity contribution in [1.82, 2.24) is 5.32 Å². The molecule has 3 heteroatoms.